The van der Waals surface area contributed by atoms with Gasteiger partial charge in [-0.25, -0.2) is 9.59 Å². The SMILES string of the molecule is COC(=O)NCCC(=O)Nc1ccc(C(=O)O)cc1. The highest BCUT2D eigenvalue weighted by atomic mass is 16.5. The van der Waals surface area contributed by atoms with Crippen molar-refractivity contribution >= 4 is 23.7 Å². The Balaban J connectivity index is 2.40. The maximum absolute atomic E-state index is 11.5. The molecule has 0 heterocycles. The highest BCUT2D eigenvalue weighted by molar-refractivity contribution is 5.92. The van der Waals surface area contributed by atoms with E-state index >= 15 is 0 Å². The topological polar surface area (TPSA) is 105 Å². The Bertz CT molecular complexity index is 470. The van der Waals surface area contributed by atoms with E-state index in [2.05, 4.69) is 15.4 Å². The van der Waals surface area contributed by atoms with E-state index in [-0.39, 0.29) is 24.4 Å². The van der Waals surface area contributed by atoms with Crippen molar-refractivity contribution in [1.82, 2.24) is 5.32 Å². The summed E-state index contributed by atoms with van der Waals surface area (Å²) < 4.78 is 4.35. The summed E-state index contributed by atoms with van der Waals surface area (Å²) in [5.41, 5.74) is 0.637. The molecule has 102 valence electrons. The van der Waals surface area contributed by atoms with Gasteiger partial charge in [-0.2, -0.15) is 0 Å². The van der Waals surface area contributed by atoms with Gasteiger partial charge in [0.25, 0.3) is 0 Å². The molecule has 7 heteroatoms. The number of carboxylic acid groups (broad SMARTS) is 1. The van der Waals surface area contributed by atoms with Crippen molar-refractivity contribution in [3.8, 4) is 0 Å². The lowest BCUT2D eigenvalue weighted by atomic mass is 10.2. The predicted octanol–water partition coefficient (Wildman–Crippen LogP) is 1.07. The number of carbonyl (C=O) groups is 3. The zero-order chi connectivity index (χ0) is 14.3. The third-order valence-electron chi connectivity index (χ3n) is 2.22. The molecule has 7 nitrogen and oxygen atoms in total. The number of carboxylic acids is 1. The standard InChI is InChI=1S/C12H14N2O5/c1-19-12(18)13-7-6-10(15)14-9-4-2-8(3-5-9)11(16)17/h2-5H,6-7H2,1H3,(H,13,18)(H,14,15)(H,16,17). The number of alkyl carbamates (subject to hydrolysis) is 1. The molecule has 0 unspecified atom stereocenters. The predicted molar refractivity (Wildman–Crippen MR) is 67.1 cm³/mol. The highest BCUT2D eigenvalue weighted by Crippen LogP contribution is 2.09. The Morgan fingerprint density at radius 3 is 2.37 bits per heavy atom. The minimum Gasteiger partial charge on any atom is -0.478 e. The molecule has 0 radical (unpaired) electrons. The second-order valence-electron chi connectivity index (χ2n) is 3.60. The molecule has 3 N–H and O–H groups in total. The molecule has 0 saturated heterocycles. The van der Waals surface area contributed by atoms with Gasteiger partial charge in [-0.05, 0) is 24.3 Å². The van der Waals surface area contributed by atoms with Crippen LogP contribution < -0.4 is 10.6 Å². The summed E-state index contributed by atoms with van der Waals surface area (Å²) in [6.07, 6.45) is -0.505. The molecule has 0 aromatic heterocycles. The number of carbonyl (C=O) groups excluding carboxylic acids is 2. The van der Waals surface area contributed by atoms with Crippen molar-refractivity contribution < 1.29 is 24.2 Å². The quantitative estimate of drug-likeness (QED) is 0.739. The average molecular weight is 266 g/mol. The lowest BCUT2D eigenvalue weighted by Gasteiger charge is -2.06. The normalized spacial score (nSPS) is 9.53. The summed E-state index contributed by atoms with van der Waals surface area (Å²) in [6.45, 7) is 0.158. The number of ether oxygens (including phenoxy) is 1. The number of benzene rings is 1. The fourth-order valence-electron chi connectivity index (χ4n) is 1.27. The molecule has 0 aliphatic carbocycles. The molecule has 1 aromatic rings. The van der Waals surface area contributed by atoms with Gasteiger partial charge < -0.3 is 20.5 Å². The van der Waals surface area contributed by atoms with Gasteiger partial charge in [-0.1, -0.05) is 0 Å². The van der Waals surface area contributed by atoms with Crippen LogP contribution in [0, 0.1) is 0 Å². The Hall–Kier alpha value is -2.57. The van der Waals surface area contributed by atoms with Crippen LogP contribution in [0.25, 0.3) is 0 Å². The van der Waals surface area contributed by atoms with Crippen molar-refractivity contribution in [3.05, 3.63) is 29.8 Å². The van der Waals surface area contributed by atoms with Gasteiger partial charge >= 0.3 is 12.1 Å². The molecular formula is C12H14N2O5. The second kappa shape index (κ2) is 7.00. The molecule has 0 atom stereocenters. The van der Waals surface area contributed by atoms with Crippen LogP contribution in [0.4, 0.5) is 10.5 Å². The number of hydrogen-bond donors (Lipinski definition) is 3. The summed E-state index contributed by atoms with van der Waals surface area (Å²) in [7, 11) is 1.24. The van der Waals surface area contributed by atoms with E-state index in [1.54, 1.807) is 0 Å². The summed E-state index contributed by atoms with van der Waals surface area (Å²) in [4.78, 5) is 32.8. The zero-order valence-corrected chi connectivity index (χ0v) is 10.3. The van der Waals surface area contributed by atoms with E-state index in [0.29, 0.717) is 5.69 Å². The van der Waals surface area contributed by atoms with Gasteiger partial charge in [0.2, 0.25) is 5.91 Å². The zero-order valence-electron chi connectivity index (χ0n) is 10.3. The average Bonchev–Trinajstić information content (AvgIpc) is 2.39. The van der Waals surface area contributed by atoms with Crippen LogP contribution in [-0.4, -0.2) is 36.7 Å². The fourth-order valence-corrected chi connectivity index (χ4v) is 1.27. The first-order valence-electron chi connectivity index (χ1n) is 5.48. The Labute approximate surface area is 109 Å². The molecule has 0 spiro atoms. The van der Waals surface area contributed by atoms with E-state index in [9.17, 15) is 14.4 Å². The first-order valence-corrected chi connectivity index (χ1v) is 5.48. The molecule has 0 aliphatic heterocycles. The number of nitrogens with one attached hydrogen (secondary N) is 2. The summed E-state index contributed by atoms with van der Waals surface area (Å²) in [6, 6.07) is 5.78. The van der Waals surface area contributed by atoms with Gasteiger partial charge in [0.05, 0.1) is 12.7 Å². The molecule has 19 heavy (non-hydrogen) atoms. The van der Waals surface area contributed by atoms with Crippen LogP contribution in [0.15, 0.2) is 24.3 Å². The van der Waals surface area contributed by atoms with Crippen LogP contribution >= 0.6 is 0 Å². The van der Waals surface area contributed by atoms with E-state index in [1.165, 1.54) is 31.4 Å². The number of methoxy groups -OCH3 is 1. The van der Waals surface area contributed by atoms with Crippen molar-refractivity contribution in [1.29, 1.82) is 0 Å². The summed E-state index contributed by atoms with van der Waals surface area (Å²) in [5, 5.41) is 13.7. The van der Waals surface area contributed by atoms with Crippen LogP contribution in [0.5, 0.6) is 0 Å². The van der Waals surface area contributed by atoms with Crippen LogP contribution in [0.3, 0.4) is 0 Å². The minimum absolute atomic E-state index is 0.0930. The van der Waals surface area contributed by atoms with Crippen molar-refractivity contribution in [3.63, 3.8) is 0 Å². The largest absolute Gasteiger partial charge is 0.478 e. The smallest absolute Gasteiger partial charge is 0.406 e. The molecule has 0 aliphatic rings. The Morgan fingerprint density at radius 2 is 1.84 bits per heavy atom. The van der Waals surface area contributed by atoms with Gasteiger partial charge in [-0.3, -0.25) is 4.79 Å². The maximum atomic E-state index is 11.5. The molecule has 1 aromatic carbocycles. The Morgan fingerprint density at radius 1 is 1.21 bits per heavy atom. The van der Waals surface area contributed by atoms with E-state index < -0.39 is 12.1 Å². The van der Waals surface area contributed by atoms with Crippen LogP contribution in [0.2, 0.25) is 0 Å². The van der Waals surface area contributed by atoms with Crippen LogP contribution in [-0.2, 0) is 9.53 Å². The number of rotatable bonds is 5. The van der Waals surface area contributed by atoms with Crippen molar-refractivity contribution in [2.75, 3.05) is 19.0 Å². The highest BCUT2D eigenvalue weighted by Gasteiger charge is 2.05. The monoisotopic (exact) mass is 266 g/mol. The molecule has 2 amide bonds. The van der Waals surface area contributed by atoms with E-state index in [1.807, 2.05) is 0 Å². The molecule has 0 bridgehead atoms. The van der Waals surface area contributed by atoms with Gasteiger partial charge in [0.15, 0.2) is 0 Å². The van der Waals surface area contributed by atoms with Gasteiger partial charge in [-0.15, -0.1) is 0 Å². The van der Waals surface area contributed by atoms with Crippen molar-refractivity contribution in [2.24, 2.45) is 0 Å². The lowest BCUT2D eigenvalue weighted by Crippen LogP contribution is -2.27. The number of aromatic carboxylic acids is 1. The first-order chi connectivity index (χ1) is 9.02. The summed E-state index contributed by atoms with van der Waals surface area (Å²) >= 11 is 0. The molecular weight excluding hydrogens is 252 g/mol. The first kappa shape index (κ1) is 14.5. The second-order valence-corrected chi connectivity index (χ2v) is 3.60. The Kier molecular flexibility index (Phi) is 5.34. The van der Waals surface area contributed by atoms with E-state index in [4.69, 9.17) is 5.11 Å². The van der Waals surface area contributed by atoms with E-state index in [0.717, 1.165) is 0 Å². The van der Waals surface area contributed by atoms with Crippen LogP contribution in [0.1, 0.15) is 16.8 Å². The maximum Gasteiger partial charge on any atom is 0.406 e. The third-order valence-corrected chi connectivity index (χ3v) is 2.22. The number of hydrogen-bond acceptors (Lipinski definition) is 4. The molecule has 0 saturated carbocycles. The van der Waals surface area contributed by atoms with Gasteiger partial charge in [0.1, 0.15) is 0 Å². The number of anilines is 1. The van der Waals surface area contributed by atoms with Gasteiger partial charge in [0, 0.05) is 18.7 Å². The fraction of sp³-hybridized carbons (Fsp3) is 0.250. The molecule has 0 fully saturated rings. The number of amides is 2. The molecule has 1 rings (SSSR count). The summed E-state index contributed by atoms with van der Waals surface area (Å²) in [5.74, 6) is -1.32. The lowest BCUT2D eigenvalue weighted by molar-refractivity contribution is -0.116. The minimum atomic E-state index is -1.03. The van der Waals surface area contributed by atoms with Crippen molar-refractivity contribution in [2.45, 2.75) is 6.42 Å². The third kappa shape index (κ3) is 5.07.